The summed E-state index contributed by atoms with van der Waals surface area (Å²) in [7, 11) is 0. The molecule has 0 aliphatic carbocycles. The topological polar surface area (TPSA) is 102 Å². The molecular weight excluding hydrogens is 442 g/mol. The van der Waals surface area contributed by atoms with E-state index in [1.165, 1.54) is 11.1 Å². The van der Waals surface area contributed by atoms with Gasteiger partial charge in [0.25, 0.3) is 5.91 Å². The van der Waals surface area contributed by atoms with Crippen molar-refractivity contribution in [3.8, 4) is 0 Å². The lowest BCUT2D eigenvalue weighted by Gasteiger charge is -2.10. The second-order valence-corrected chi connectivity index (χ2v) is 8.41. The predicted octanol–water partition coefficient (Wildman–Crippen LogP) is 3.69. The van der Waals surface area contributed by atoms with E-state index in [2.05, 4.69) is 39.6 Å². The quantitative estimate of drug-likeness (QED) is 0.344. The van der Waals surface area contributed by atoms with Crippen LogP contribution in [0.3, 0.4) is 0 Å². The number of nitrogens with zero attached hydrogens (tertiary/aromatic N) is 4. The molecule has 8 heteroatoms. The zero-order valence-electron chi connectivity index (χ0n) is 19.1. The molecule has 5 aromatic rings. The van der Waals surface area contributed by atoms with Crippen LogP contribution >= 0.6 is 0 Å². The number of aromatic nitrogens is 4. The van der Waals surface area contributed by atoms with E-state index in [9.17, 15) is 9.59 Å². The fraction of sp³-hybridized carbons (Fsp3) is 0.185. The fourth-order valence-corrected chi connectivity index (χ4v) is 4.32. The highest BCUT2D eigenvalue weighted by Gasteiger charge is 2.22. The molecule has 0 aliphatic rings. The molecule has 8 nitrogen and oxygen atoms in total. The van der Waals surface area contributed by atoms with Gasteiger partial charge in [-0.25, -0.2) is 9.97 Å². The Bertz CT molecular complexity index is 1390. The Morgan fingerprint density at radius 2 is 1.26 bits per heavy atom. The van der Waals surface area contributed by atoms with Gasteiger partial charge in [-0.05, 0) is 30.0 Å². The number of carboxylic acid groups (broad SMARTS) is 1. The van der Waals surface area contributed by atoms with E-state index in [-0.39, 0.29) is 0 Å². The Labute approximate surface area is 201 Å². The zero-order valence-corrected chi connectivity index (χ0v) is 19.1. The Morgan fingerprint density at radius 1 is 0.771 bits per heavy atom. The summed E-state index contributed by atoms with van der Waals surface area (Å²) in [5.74, 6) is -1.60. The van der Waals surface area contributed by atoms with Crippen molar-refractivity contribution in [1.29, 1.82) is 0 Å². The van der Waals surface area contributed by atoms with E-state index in [0.29, 0.717) is 29.7 Å². The standard InChI is InChI=1S/C27H25N5O3/c33-23(34)16-28-27(35)24-25-21(31(17-29-25)13-11-19-7-3-1-4-8-19)15-22-26(24)30-18-32(22)14-12-20-9-5-2-6-10-20/h1-10,15,17-18H,11-14,16H2,(H,28,35)(H,33,34). The highest BCUT2D eigenvalue weighted by molar-refractivity contribution is 6.15. The molecule has 3 aromatic carbocycles. The molecule has 0 fully saturated rings. The van der Waals surface area contributed by atoms with E-state index >= 15 is 0 Å². The summed E-state index contributed by atoms with van der Waals surface area (Å²) < 4.78 is 4.06. The van der Waals surface area contributed by atoms with Gasteiger partial charge in [0, 0.05) is 13.1 Å². The van der Waals surface area contributed by atoms with E-state index < -0.39 is 18.4 Å². The molecule has 0 bridgehead atoms. The first-order valence-corrected chi connectivity index (χ1v) is 11.5. The molecule has 176 valence electrons. The average molecular weight is 468 g/mol. The number of imidazole rings is 2. The molecule has 0 radical (unpaired) electrons. The Balaban J connectivity index is 1.54. The summed E-state index contributed by atoms with van der Waals surface area (Å²) in [4.78, 5) is 33.2. The maximum Gasteiger partial charge on any atom is 0.322 e. The summed E-state index contributed by atoms with van der Waals surface area (Å²) >= 11 is 0. The predicted molar refractivity (Wildman–Crippen MR) is 133 cm³/mol. The van der Waals surface area contributed by atoms with Crippen LogP contribution in [0.25, 0.3) is 22.1 Å². The van der Waals surface area contributed by atoms with Crippen LogP contribution in [0.15, 0.2) is 79.4 Å². The summed E-state index contributed by atoms with van der Waals surface area (Å²) in [6, 6.07) is 22.4. The first-order valence-electron chi connectivity index (χ1n) is 11.5. The SMILES string of the molecule is O=C(O)CNC(=O)c1c2ncn(CCc3ccccc3)c2cc2c1ncn2CCc1ccccc1. The maximum atomic E-state index is 13.1. The van der Waals surface area contributed by atoms with Gasteiger partial charge in [-0.1, -0.05) is 60.7 Å². The first kappa shape index (κ1) is 22.3. The van der Waals surface area contributed by atoms with Crippen LogP contribution in [0, 0.1) is 0 Å². The number of hydrogen-bond acceptors (Lipinski definition) is 4. The molecule has 2 heterocycles. The fourth-order valence-electron chi connectivity index (χ4n) is 4.32. The third kappa shape index (κ3) is 4.77. The van der Waals surface area contributed by atoms with Crippen molar-refractivity contribution in [1.82, 2.24) is 24.4 Å². The van der Waals surface area contributed by atoms with Crippen molar-refractivity contribution in [2.75, 3.05) is 6.54 Å². The number of hydrogen-bond donors (Lipinski definition) is 2. The van der Waals surface area contributed by atoms with Crippen LogP contribution in [0.2, 0.25) is 0 Å². The third-order valence-electron chi connectivity index (χ3n) is 6.10. The van der Waals surface area contributed by atoms with E-state index in [1.807, 2.05) is 51.6 Å². The lowest BCUT2D eigenvalue weighted by atomic mass is 10.1. The van der Waals surface area contributed by atoms with Crippen LogP contribution in [-0.4, -0.2) is 42.6 Å². The molecule has 1 amide bonds. The number of aryl methyl sites for hydroxylation is 4. The van der Waals surface area contributed by atoms with Crippen molar-refractivity contribution in [2.45, 2.75) is 25.9 Å². The van der Waals surface area contributed by atoms with Gasteiger partial charge in [0.15, 0.2) is 0 Å². The van der Waals surface area contributed by atoms with Gasteiger partial charge >= 0.3 is 5.97 Å². The third-order valence-corrected chi connectivity index (χ3v) is 6.10. The molecule has 0 atom stereocenters. The minimum Gasteiger partial charge on any atom is -0.480 e. The molecule has 2 N–H and O–H groups in total. The summed E-state index contributed by atoms with van der Waals surface area (Å²) in [6.45, 7) is 0.918. The molecular formula is C27H25N5O3. The Hall–Kier alpha value is -4.46. The minimum atomic E-state index is -1.11. The highest BCUT2D eigenvalue weighted by Crippen LogP contribution is 2.28. The number of amides is 1. The number of carbonyl (C=O) groups is 2. The van der Waals surface area contributed by atoms with E-state index in [1.54, 1.807) is 12.7 Å². The lowest BCUT2D eigenvalue weighted by molar-refractivity contribution is -0.135. The van der Waals surface area contributed by atoms with Crippen LogP contribution in [0.5, 0.6) is 0 Å². The van der Waals surface area contributed by atoms with Crippen LogP contribution in [-0.2, 0) is 30.7 Å². The number of carbonyl (C=O) groups excluding carboxylic acids is 1. The van der Waals surface area contributed by atoms with Gasteiger partial charge in [-0.2, -0.15) is 0 Å². The molecule has 0 saturated carbocycles. The monoisotopic (exact) mass is 467 g/mol. The van der Waals surface area contributed by atoms with Crippen LogP contribution < -0.4 is 5.32 Å². The van der Waals surface area contributed by atoms with E-state index in [0.717, 1.165) is 23.9 Å². The smallest absolute Gasteiger partial charge is 0.322 e. The average Bonchev–Trinajstić information content (AvgIpc) is 3.48. The van der Waals surface area contributed by atoms with Gasteiger partial charge in [0.05, 0.1) is 29.3 Å². The Kier molecular flexibility index (Phi) is 6.26. The van der Waals surface area contributed by atoms with Crippen LogP contribution in [0.1, 0.15) is 21.5 Å². The Morgan fingerprint density at radius 3 is 1.71 bits per heavy atom. The molecule has 0 unspecified atom stereocenters. The summed E-state index contributed by atoms with van der Waals surface area (Å²) in [6.07, 6.45) is 5.10. The number of benzene rings is 3. The second kappa shape index (κ2) is 9.80. The number of rotatable bonds is 9. The number of aliphatic carboxylic acids is 1. The largest absolute Gasteiger partial charge is 0.480 e. The van der Waals surface area contributed by atoms with Gasteiger partial charge in [-0.15, -0.1) is 0 Å². The van der Waals surface area contributed by atoms with Crippen molar-refractivity contribution in [3.05, 3.63) is 96.1 Å². The number of fused-ring (bicyclic) bond motifs is 2. The van der Waals surface area contributed by atoms with Crippen molar-refractivity contribution in [2.24, 2.45) is 0 Å². The zero-order chi connectivity index (χ0) is 24.2. The molecule has 2 aromatic heterocycles. The minimum absolute atomic E-state index is 0.302. The normalized spacial score (nSPS) is 11.2. The van der Waals surface area contributed by atoms with Crippen LogP contribution in [0.4, 0.5) is 0 Å². The molecule has 0 spiro atoms. The lowest BCUT2D eigenvalue weighted by Crippen LogP contribution is -2.29. The van der Waals surface area contributed by atoms with Gasteiger partial charge in [0.1, 0.15) is 17.6 Å². The van der Waals surface area contributed by atoms with Gasteiger partial charge in [-0.3, -0.25) is 9.59 Å². The van der Waals surface area contributed by atoms with Crippen molar-refractivity contribution < 1.29 is 14.7 Å². The maximum absolute atomic E-state index is 13.1. The first-order chi connectivity index (χ1) is 17.1. The van der Waals surface area contributed by atoms with Crippen molar-refractivity contribution >= 4 is 33.9 Å². The second-order valence-electron chi connectivity index (χ2n) is 8.41. The molecule has 35 heavy (non-hydrogen) atoms. The molecule has 0 aliphatic heterocycles. The van der Waals surface area contributed by atoms with Gasteiger partial charge in [0.2, 0.25) is 0 Å². The summed E-state index contributed by atoms with van der Waals surface area (Å²) in [5, 5.41) is 11.5. The van der Waals surface area contributed by atoms with Gasteiger partial charge < -0.3 is 19.6 Å². The molecule has 5 rings (SSSR count). The number of carboxylic acids is 1. The highest BCUT2D eigenvalue weighted by atomic mass is 16.4. The summed E-state index contributed by atoms with van der Waals surface area (Å²) in [5.41, 5.74) is 5.38. The van der Waals surface area contributed by atoms with E-state index in [4.69, 9.17) is 5.11 Å². The van der Waals surface area contributed by atoms with Crippen molar-refractivity contribution in [3.63, 3.8) is 0 Å². The molecule has 0 saturated heterocycles. The number of nitrogens with one attached hydrogen (secondary N) is 1.